The normalized spacial score (nSPS) is 11.1. The summed E-state index contributed by atoms with van der Waals surface area (Å²) in [5.74, 6) is 1.16. The van der Waals surface area contributed by atoms with E-state index in [0.29, 0.717) is 53.1 Å². The molecular weight excluding hydrogens is 488 g/mol. The minimum absolute atomic E-state index is 0.0766. The van der Waals surface area contributed by atoms with Crippen molar-refractivity contribution in [3.05, 3.63) is 76.8 Å². The molecule has 0 atom stereocenters. The highest BCUT2D eigenvalue weighted by Gasteiger charge is 2.16. The molecule has 0 aliphatic rings. The molecule has 2 N–H and O–H groups in total. The third kappa shape index (κ3) is 7.13. The Bertz CT molecular complexity index is 1280. The van der Waals surface area contributed by atoms with Crippen molar-refractivity contribution in [2.75, 3.05) is 23.3 Å². The van der Waals surface area contributed by atoms with Crippen LogP contribution in [0, 0.1) is 6.92 Å². The zero-order chi connectivity index (χ0) is 25.4. The van der Waals surface area contributed by atoms with Gasteiger partial charge in [-0.25, -0.2) is 8.42 Å². The average molecular weight is 517 g/mol. The molecule has 7 nitrogen and oxygen atoms in total. The molecule has 0 aromatic heterocycles. The van der Waals surface area contributed by atoms with Gasteiger partial charge in [0.1, 0.15) is 0 Å². The maximum Gasteiger partial charge on any atom is 0.261 e. The summed E-state index contributed by atoms with van der Waals surface area (Å²) in [4.78, 5) is 12.5. The molecule has 0 saturated carbocycles. The van der Waals surface area contributed by atoms with Crippen molar-refractivity contribution in [1.29, 1.82) is 0 Å². The summed E-state index contributed by atoms with van der Waals surface area (Å²) < 4.78 is 39.2. The van der Waals surface area contributed by atoms with Crippen molar-refractivity contribution in [3.8, 4) is 11.5 Å². The summed E-state index contributed by atoms with van der Waals surface area (Å²) in [6, 6.07) is 16.7. The topological polar surface area (TPSA) is 93.7 Å². The van der Waals surface area contributed by atoms with Gasteiger partial charge in [0.25, 0.3) is 10.0 Å². The van der Waals surface area contributed by atoms with Gasteiger partial charge in [-0.15, -0.1) is 0 Å². The van der Waals surface area contributed by atoms with Crippen LogP contribution < -0.4 is 19.5 Å². The fourth-order valence-electron chi connectivity index (χ4n) is 3.37. The number of amides is 1. The number of sulfonamides is 1. The highest BCUT2D eigenvalue weighted by molar-refractivity contribution is 7.92. The third-order valence-electron chi connectivity index (χ3n) is 5.21. The average Bonchev–Trinajstić information content (AvgIpc) is 2.83. The fourth-order valence-corrected chi connectivity index (χ4v) is 4.67. The van der Waals surface area contributed by atoms with E-state index in [1.807, 2.05) is 32.0 Å². The Morgan fingerprint density at radius 1 is 0.943 bits per heavy atom. The Morgan fingerprint density at radius 2 is 1.63 bits per heavy atom. The molecule has 186 valence electrons. The Balaban J connectivity index is 1.60. The summed E-state index contributed by atoms with van der Waals surface area (Å²) in [6.45, 7) is 6.61. The molecule has 0 spiro atoms. The number of rotatable bonds is 11. The molecule has 0 aliphatic carbocycles. The fraction of sp³-hybridized carbons (Fsp3) is 0.269. The van der Waals surface area contributed by atoms with Gasteiger partial charge in [0.2, 0.25) is 5.91 Å². The largest absolute Gasteiger partial charge is 0.490 e. The zero-order valence-corrected chi connectivity index (χ0v) is 21.5. The van der Waals surface area contributed by atoms with E-state index in [2.05, 4.69) is 10.0 Å². The van der Waals surface area contributed by atoms with E-state index in [4.69, 9.17) is 21.1 Å². The predicted molar refractivity (Wildman–Crippen MR) is 139 cm³/mol. The number of carbonyl (C=O) groups excluding carboxylic acids is 1. The first kappa shape index (κ1) is 26.4. The monoisotopic (exact) mass is 516 g/mol. The first-order chi connectivity index (χ1) is 16.7. The summed E-state index contributed by atoms with van der Waals surface area (Å²) in [7, 11) is -3.80. The number of ether oxygens (including phenoxy) is 2. The van der Waals surface area contributed by atoms with Crippen molar-refractivity contribution < 1.29 is 22.7 Å². The van der Waals surface area contributed by atoms with Crippen LogP contribution in [0.3, 0.4) is 0 Å². The second kappa shape index (κ2) is 12.0. The molecule has 3 aromatic carbocycles. The molecule has 0 radical (unpaired) electrons. The van der Waals surface area contributed by atoms with Crippen LogP contribution in [0.4, 0.5) is 11.4 Å². The summed E-state index contributed by atoms with van der Waals surface area (Å²) >= 11 is 6.08. The van der Waals surface area contributed by atoms with Gasteiger partial charge >= 0.3 is 0 Å². The lowest BCUT2D eigenvalue weighted by atomic mass is 10.1. The van der Waals surface area contributed by atoms with E-state index in [-0.39, 0.29) is 17.2 Å². The maximum absolute atomic E-state index is 12.7. The molecule has 3 rings (SSSR count). The van der Waals surface area contributed by atoms with Crippen LogP contribution in [0.1, 0.15) is 31.4 Å². The van der Waals surface area contributed by atoms with Gasteiger partial charge in [-0.05, 0) is 86.8 Å². The van der Waals surface area contributed by atoms with Crippen LogP contribution in [-0.2, 0) is 21.2 Å². The maximum atomic E-state index is 12.7. The SMILES string of the molecule is CCOc1ccc(CCC(=O)Nc2ccc(S(=O)(=O)Nc3cccc(Cl)c3C)cc2)cc1OCC. The molecule has 35 heavy (non-hydrogen) atoms. The van der Waals surface area contributed by atoms with Gasteiger partial charge in [0.15, 0.2) is 11.5 Å². The minimum Gasteiger partial charge on any atom is -0.490 e. The molecule has 0 saturated heterocycles. The third-order valence-corrected chi connectivity index (χ3v) is 7.00. The van der Waals surface area contributed by atoms with Gasteiger partial charge in [-0.3, -0.25) is 9.52 Å². The van der Waals surface area contributed by atoms with E-state index < -0.39 is 10.0 Å². The van der Waals surface area contributed by atoms with E-state index >= 15 is 0 Å². The number of benzene rings is 3. The summed E-state index contributed by atoms with van der Waals surface area (Å²) in [5.41, 5.74) is 2.52. The first-order valence-corrected chi connectivity index (χ1v) is 13.2. The molecule has 0 heterocycles. The zero-order valence-electron chi connectivity index (χ0n) is 19.9. The Hall–Kier alpha value is -3.23. The van der Waals surface area contributed by atoms with Crippen LogP contribution in [-0.4, -0.2) is 27.5 Å². The lowest BCUT2D eigenvalue weighted by molar-refractivity contribution is -0.116. The molecule has 0 bridgehead atoms. The van der Waals surface area contributed by atoms with Crippen LogP contribution in [0.2, 0.25) is 5.02 Å². The van der Waals surface area contributed by atoms with E-state index in [1.54, 1.807) is 37.3 Å². The number of nitrogens with one attached hydrogen (secondary N) is 2. The van der Waals surface area contributed by atoms with Gasteiger partial charge in [-0.1, -0.05) is 23.7 Å². The van der Waals surface area contributed by atoms with Crippen LogP contribution in [0.15, 0.2) is 65.6 Å². The van der Waals surface area contributed by atoms with E-state index in [1.165, 1.54) is 12.1 Å². The van der Waals surface area contributed by atoms with E-state index in [9.17, 15) is 13.2 Å². The van der Waals surface area contributed by atoms with Gasteiger partial charge in [-0.2, -0.15) is 0 Å². The van der Waals surface area contributed by atoms with Crippen LogP contribution in [0.25, 0.3) is 0 Å². The second-order valence-electron chi connectivity index (χ2n) is 7.74. The minimum atomic E-state index is -3.80. The Morgan fingerprint density at radius 3 is 2.31 bits per heavy atom. The highest BCUT2D eigenvalue weighted by Crippen LogP contribution is 2.29. The second-order valence-corrected chi connectivity index (χ2v) is 9.83. The summed E-state index contributed by atoms with van der Waals surface area (Å²) in [6.07, 6.45) is 0.781. The van der Waals surface area contributed by atoms with Crippen molar-refractivity contribution in [2.24, 2.45) is 0 Å². The molecule has 3 aromatic rings. The number of aryl methyl sites for hydroxylation is 1. The molecule has 9 heteroatoms. The quantitative estimate of drug-likeness (QED) is 0.335. The Labute approximate surface area is 211 Å². The van der Waals surface area contributed by atoms with Crippen LogP contribution >= 0.6 is 11.6 Å². The predicted octanol–water partition coefficient (Wildman–Crippen LogP) is 5.82. The van der Waals surface area contributed by atoms with Crippen molar-refractivity contribution >= 4 is 38.9 Å². The molecule has 1 amide bonds. The standard InChI is InChI=1S/C26H29ClN2O5S/c1-4-33-24-15-9-19(17-25(24)34-5-2)10-16-26(30)28-20-11-13-21(14-12-20)35(31,32)29-23-8-6-7-22(27)18(23)3/h6-9,11-15,17,29H,4-5,10,16H2,1-3H3,(H,28,30). The smallest absolute Gasteiger partial charge is 0.261 e. The molecular formula is C26H29ClN2O5S. The van der Waals surface area contributed by atoms with Gasteiger partial charge < -0.3 is 14.8 Å². The van der Waals surface area contributed by atoms with Gasteiger partial charge in [0.05, 0.1) is 23.8 Å². The number of anilines is 2. The molecule has 0 unspecified atom stereocenters. The molecule has 0 fully saturated rings. The Kier molecular flexibility index (Phi) is 9.01. The lowest BCUT2D eigenvalue weighted by Crippen LogP contribution is -2.15. The van der Waals surface area contributed by atoms with Crippen molar-refractivity contribution in [3.63, 3.8) is 0 Å². The lowest BCUT2D eigenvalue weighted by Gasteiger charge is -2.13. The first-order valence-electron chi connectivity index (χ1n) is 11.3. The molecule has 0 aliphatic heterocycles. The van der Waals surface area contributed by atoms with Crippen molar-refractivity contribution in [1.82, 2.24) is 0 Å². The number of halogens is 1. The van der Waals surface area contributed by atoms with Gasteiger partial charge in [0, 0.05) is 17.1 Å². The van der Waals surface area contributed by atoms with E-state index in [0.717, 1.165) is 5.56 Å². The highest BCUT2D eigenvalue weighted by atomic mass is 35.5. The number of carbonyl (C=O) groups is 1. The summed E-state index contributed by atoms with van der Waals surface area (Å²) in [5, 5.41) is 3.28. The van der Waals surface area contributed by atoms with Crippen LogP contribution in [0.5, 0.6) is 11.5 Å². The number of hydrogen-bond donors (Lipinski definition) is 2. The number of hydrogen-bond acceptors (Lipinski definition) is 5. The van der Waals surface area contributed by atoms with Crippen molar-refractivity contribution in [2.45, 2.75) is 38.5 Å².